The first kappa shape index (κ1) is 24.4. The van der Waals surface area contributed by atoms with E-state index >= 15 is 0 Å². The lowest BCUT2D eigenvalue weighted by Crippen LogP contribution is -2.09. The summed E-state index contributed by atoms with van der Waals surface area (Å²) in [6.07, 6.45) is 2.06. The molecule has 180 valence electrons. The number of ether oxygens (including phenoxy) is 2. The lowest BCUT2D eigenvalue weighted by Gasteiger charge is -2.19. The number of halogens is 1. The molecule has 6 heteroatoms. The molecule has 5 nitrogen and oxygen atoms in total. The van der Waals surface area contributed by atoms with Crippen molar-refractivity contribution in [1.29, 1.82) is 0 Å². The molecule has 0 amide bonds. The summed E-state index contributed by atoms with van der Waals surface area (Å²) in [5.74, 6) is -0.414. The summed E-state index contributed by atoms with van der Waals surface area (Å²) in [4.78, 5) is 15.6. The van der Waals surface area contributed by atoms with Gasteiger partial charge in [-0.05, 0) is 66.8 Å². The van der Waals surface area contributed by atoms with Gasteiger partial charge in [-0.1, -0.05) is 48.5 Å². The third kappa shape index (κ3) is 7.36. The van der Waals surface area contributed by atoms with Gasteiger partial charge in [-0.15, -0.1) is 0 Å². The Morgan fingerprint density at radius 3 is 2.49 bits per heavy atom. The highest BCUT2D eigenvalue weighted by Crippen LogP contribution is 2.26. The molecule has 0 saturated heterocycles. The van der Waals surface area contributed by atoms with Crippen molar-refractivity contribution in [3.05, 3.63) is 108 Å². The molecule has 0 saturated carbocycles. The fourth-order valence-electron chi connectivity index (χ4n) is 3.90. The molecule has 0 fully saturated rings. The summed E-state index contributed by atoms with van der Waals surface area (Å²) in [5.41, 5.74) is 3.81. The zero-order valence-corrected chi connectivity index (χ0v) is 19.4. The van der Waals surface area contributed by atoms with Crippen LogP contribution in [0.5, 0.6) is 5.75 Å². The molecular weight excluding hydrogens is 445 g/mol. The first-order chi connectivity index (χ1) is 17.1. The summed E-state index contributed by atoms with van der Waals surface area (Å²) in [6.45, 7) is 0.503. The molecule has 1 heterocycles. The SMILES string of the molecule is O=C(O)CCOC(CCCc1ccc(F)cc1)c1ccc(OCc2ccc3ccccc3n2)cc1. The van der Waals surface area contributed by atoms with Crippen molar-refractivity contribution in [3.63, 3.8) is 0 Å². The van der Waals surface area contributed by atoms with E-state index in [1.54, 1.807) is 12.1 Å². The van der Waals surface area contributed by atoms with Gasteiger partial charge in [0.15, 0.2) is 0 Å². The van der Waals surface area contributed by atoms with Gasteiger partial charge < -0.3 is 14.6 Å². The highest BCUT2D eigenvalue weighted by Gasteiger charge is 2.14. The number of pyridine rings is 1. The van der Waals surface area contributed by atoms with Crippen molar-refractivity contribution < 1.29 is 23.8 Å². The predicted octanol–water partition coefficient (Wildman–Crippen LogP) is 6.51. The number of carboxylic acids is 1. The fourth-order valence-corrected chi connectivity index (χ4v) is 3.90. The van der Waals surface area contributed by atoms with Crippen molar-refractivity contribution in [1.82, 2.24) is 4.98 Å². The van der Waals surface area contributed by atoms with E-state index in [9.17, 15) is 9.18 Å². The van der Waals surface area contributed by atoms with Gasteiger partial charge in [0.1, 0.15) is 18.2 Å². The summed E-state index contributed by atoms with van der Waals surface area (Å²) in [7, 11) is 0. The number of para-hydroxylation sites is 1. The van der Waals surface area contributed by atoms with E-state index in [1.165, 1.54) is 12.1 Å². The van der Waals surface area contributed by atoms with Crippen LogP contribution in [-0.4, -0.2) is 22.7 Å². The van der Waals surface area contributed by atoms with Crippen molar-refractivity contribution >= 4 is 16.9 Å². The van der Waals surface area contributed by atoms with Crippen LogP contribution < -0.4 is 4.74 Å². The average molecular weight is 474 g/mol. The van der Waals surface area contributed by atoms with E-state index in [2.05, 4.69) is 4.98 Å². The fraction of sp³-hybridized carbons (Fsp3) is 0.241. The van der Waals surface area contributed by atoms with Crippen molar-refractivity contribution in [2.24, 2.45) is 0 Å². The minimum absolute atomic E-state index is 0.0472. The third-order valence-corrected chi connectivity index (χ3v) is 5.77. The van der Waals surface area contributed by atoms with E-state index < -0.39 is 5.97 Å². The maximum absolute atomic E-state index is 13.1. The third-order valence-electron chi connectivity index (χ3n) is 5.77. The van der Waals surface area contributed by atoms with E-state index in [4.69, 9.17) is 14.6 Å². The lowest BCUT2D eigenvalue weighted by molar-refractivity contribution is -0.138. The number of hydrogen-bond acceptors (Lipinski definition) is 4. The molecule has 0 spiro atoms. The number of fused-ring (bicyclic) bond motifs is 1. The number of aromatic nitrogens is 1. The number of benzene rings is 3. The second kappa shape index (κ2) is 12.1. The Hall–Kier alpha value is -3.77. The lowest BCUT2D eigenvalue weighted by atomic mass is 10.0. The number of rotatable bonds is 12. The zero-order valence-electron chi connectivity index (χ0n) is 19.4. The molecule has 1 atom stereocenters. The van der Waals surface area contributed by atoms with Gasteiger partial charge in [-0.2, -0.15) is 0 Å². The minimum Gasteiger partial charge on any atom is -0.487 e. The summed E-state index contributed by atoms with van der Waals surface area (Å²) in [6, 6.07) is 26.1. The quantitative estimate of drug-likeness (QED) is 0.254. The van der Waals surface area contributed by atoms with Crippen molar-refractivity contribution in [2.75, 3.05) is 6.61 Å². The van der Waals surface area contributed by atoms with Gasteiger partial charge in [-0.25, -0.2) is 9.37 Å². The van der Waals surface area contributed by atoms with Crippen LogP contribution in [0.1, 0.15) is 42.2 Å². The van der Waals surface area contributed by atoms with Gasteiger partial charge in [0.2, 0.25) is 0 Å². The van der Waals surface area contributed by atoms with E-state index in [-0.39, 0.29) is 24.9 Å². The highest BCUT2D eigenvalue weighted by molar-refractivity contribution is 5.78. The zero-order chi connectivity index (χ0) is 24.5. The van der Waals surface area contributed by atoms with Crippen molar-refractivity contribution in [3.8, 4) is 5.75 Å². The van der Waals surface area contributed by atoms with Crippen LogP contribution >= 0.6 is 0 Å². The molecule has 4 rings (SSSR count). The average Bonchev–Trinajstić information content (AvgIpc) is 2.88. The van der Waals surface area contributed by atoms with Crippen LogP contribution in [0, 0.1) is 5.82 Å². The van der Waals surface area contributed by atoms with Crippen molar-refractivity contribution in [2.45, 2.75) is 38.4 Å². The number of hydrogen-bond donors (Lipinski definition) is 1. The number of carboxylic acid groups (broad SMARTS) is 1. The van der Waals surface area contributed by atoms with Crippen LogP contribution in [0.4, 0.5) is 4.39 Å². The number of aliphatic carboxylic acids is 1. The first-order valence-electron chi connectivity index (χ1n) is 11.7. The number of aryl methyl sites for hydroxylation is 1. The Balaban J connectivity index is 1.35. The Kier molecular flexibility index (Phi) is 8.41. The standard InChI is InChI=1S/C29H28FNO4/c30-24-13-8-21(9-14-24)4-3-7-28(34-19-18-29(32)33)23-11-16-26(17-12-23)35-20-25-15-10-22-5-1-2-6-27(22)31-25/h1-2,5-6,8-17,28H,3-4,7,18-20H2,(H,32,33). The molecule has 0 aliphatic heterocycles. The molecule has 1 aromatic heterocycles. The second-order valence-corrected chi connectivity index (χ2v) is 8.37. The van der Waals surface area contributed by atoms with Gasteiger partial charge in [0.25, 0.3) is 0 Å². The van der Waals surface area contributed by atoms with E-state index in [1.807, 2.05) is 60.7 Å². The summed E-state index contributed by atoms with van der Waals surface area (Å²) < 4.78 is 25.0. The molecule has 0 aliphatic carbocycles. The second-order valence-electron chi connectivity index (χ2n) is 8.37. The minimum atomic E-state index is -0.888. The smallest absolute Gasteiger partial charge is 0.305 e. The van der Waals surface area contributed by atoms with Crippen LogP contribution in [0.25, 0.3) is 10.9 Å². The molecule has 0 bridgehead atoms. The Morgan fingerprint density at radius 2 is 1.71 bits per heavy atom. The van der Waals surface area contributed by atoms with Gasteiger partial charge in [0, 0.05) is 5.39 Å². The summed E-state index contributed by atoms with van der Waals surface area (Å²) >= 11 is 0. The number of carbonyl (C=O) groups is 1. The first-order valence-corrected chi connectivity index (χ1v) is 11.7. The Morgan fingerprint density at radius 1 is 0.943 bits per heavy atom. The molecule has 4 aromatic rings. The van der Waals surface area contributed by atoms with Crippen LogP contribution in [0.2, 0.25) is 0 Å². The normalized spacial score (nSPS) is 11.9. The van der Waals surface area contributed by atoms with Gasteiger partial charge in [-0.3, -0.25) is 4.79 Å². The topological polar surface area (TPSA) is 68.7 Å². The predicted molar refractivity (Wildman–Crippen MR) is 133 cm³/mol. The largest absolute Gasteiger partial charge is 0.487 e. The van der Waals surface area contributed by atoms with Crippen LogP contribution in [0.15, 0.2) is 84.9 Å². The van der Waals surface area contributed by atoms with E-state index in [0.29, 0.717) is 6.61 Å². The molecule has 1 unspecified atom stereocenters. The molecular formula is C29H28FNO4. The Labute approximate surface area is 204 Å². The van der Waals surface area contributed by atoms with E-state index in [0.717, 1.165) is 52.7 Å². The molecule has 3 aromatic carbocycles. The highest BCUT2D eigenvalue weighted by atomic mass is 19.1. The molecule has 1 N–H and O–H groups in total. The van der Waals surface area contributed by atoms with Crippen LogP contribution in [0.3, 0.4) is 0 Å². The van der Waals surface area contributed by atoms with Crippen LogP contribution in [-0.2, 0) is 22.6 Å². The maximum Gasteiger partial charge on any atom is 0.305 e. The monoisotopic (exact) mass is 473 g/mol. The van der Waals surface area contributed by atoms with Gasteiger partial charge in [0.05, 0.1) is 30.3 Å². The van der Waals surface area contributed by atoms with Gasteiger partial charge >= 0.3 is 5.97 Å². The Bertz CT molecular complexity index is 1240. The molecule has 0 radical (unpaired) electrons. The maximum atomic E-state index is 13.1. The summed E-state index contributed by atoms with van der Waals surface area (Å²) in [5, 5.41) is 10.1. The molecule has 0 aliphatic rings. The number of nitrogens with zero attached hydrogens (tertiary/aromatic N) is 1. The molecule has 35 heavy (non-hydrogen) atoms.